The van der Waals surface area contributed by atoms with Crippen molar-refractivity contribution >= 4 is 0 Å². The third kappa shape index (κ3) is 2.61. The van der Waals surface area contributed by atoms with Crippen molar-refractivity contribution in [2.75, 3.05) is 6.54 Å². The second-order valence-electron chi connectivity index (χ2n) is 4.97. The fourth-order valence-corrected chi connectivity index (χ4v) is 2.86. The van der Waals surface area contributed by atoms with Gasteiger partial charge < -0.3 is 5.32 Å². The average Bonchev–Trinajstić information content (AvgIpc) is 2.80. The summed E-state index contributed by atoms with van der Waals surface area (Å²) in [6, 6.07) is 7.04. The molecule has 0 spiro atoms. The Kier molecular flexibility index (Phi) is 4.01. The zero-order valence-corrected chi connectivity index (χ0v) is 11.2. The zero-order chi connectivity index (χ0) is 12.3. The predicted molar refractivity (Wildman–Crippen MR) is 74.3 cm³/mol. The summed E-state index contributed by atoms with van der Waals surface area (Å²) < 4.78 is 0. The molecular formula is C16H23N. The molecule has 0 radical (unpaired) electrons. The first kappa shape index (κ1) is 12.4. The van der Waals surface area contributed by atoms with E-state index < -0.39 is 0 Å². The Labute approximate surface area is 105 Å². The molecule has 0 saturated carbocycles. The van der Waals surface area contributed by atoms with Crippen molar-refractivity contribution < 1.29 is 0 Å². The highest BCUT2D eigenvalue weighted by atomic mass is 14.9. The van der Waals surface area contributed by atoms with Gasteiger partial charge in [0.15, 0.2) is 0 Å². The lowest BCUT2D eigenvalue weighted by Crippen LogP contribution is -2.24. The minimum absolute atomic E-state index is 0.434. The molecule has 0 amide bonds. The van der Waals surface area contributed by atoms with Crippen LogP contribution >= 0.6 is 0 Å². The fraction of sp³-hybridized carbons (Fsp3) is 0.500. The van der Waals surface area contributed by atoms with Crippen LogP contribution in [0.25, 0.3) is 0 Å². The van der Waals surface area contributed by atoms with Crippen LogP contribution in [0.15, 0.2) is 29.8 Å². The molecule has 0 saturated heterocycles. The molecule has 1 unspecified atom stereocenters. The maximum atomic E-state index is 3.65. The van der Waals surface area contributed by atoms with Gasteiger partial charge in [-0.2, -0.15) is 0 Å². The Morgan fingerprint density at radius 3 is 2.47 bits per heavy atom. The molecule has 0 fully saturated rings. The van der Waals surface area contributed by atoms with Crippen molar-refractivity contribution in [1.82, 2.24) is 5.32 Å². The summed E-state index contributed by atoms with van der Waals surface area (Å²) in [5.41, 5.74) is 5.89. The quantitative estimate of drug-likeness (QED) is 0.768. The van der Waals surface area contributed by atoms with Crippen molar-refractivity contribution in [3.63, 3.8) is 0 Å². The molecule has 17 heavy (non-hydrogen) atoms. The van der Waals surface area contributed by atoms with Gasteiger partial charge in [0.1, 0.15) is 0 Å². The summed E-state index contributed by atoms with van der Waals surface area (Å²) in [5, 5.41) is 3.65. The molecule has 0 heterocycles. The molecule has 1 aliphatic carbocycles. The second kappa shape index (κ2) is 5.50. The predicted octanol–water partition coefficient (Wildman–Crippen LogP) is 4.06. The minimum Gasteiger partial charge on any atom is -0.307 e. The van der Waals surface area contributed by atoms with Gasteiger partial charge in [-0.3, -0.25) is 0 Å². The highest BCUT2D eigenvalue weighted by molar-refractivity contribution is 5.41. The number of aryl methyl sites for hydroxylation is 2. The Bertz CT molecular complexity index is 397. The van der Waals surface area contributed by atoms with E-state index in [4.69, 9.17) is 0 Å². The molecular weight excluding hydrogens is 206 g/mol. The highest BCUT2D eigenvalue weighted by Gasteiger charge is 2.20. The topological polar surface area (TPSA) is 12.0 Å². The zero-order valence-electron chi connectivity index (χ0n) is 11.2. The lowest BCUT2D eigenvalue weighted by molar-refractivity contribution is 0.600. The number of likely N-dealkylation sites (N-methyl/N-ethyl adjacent to an activating group) is 1. The number of allylic oxidation sites excluding steroid dienone is 1. The molecule has 1 N–H and O–H groups in total. The Hall–Kier alpha value is -1.08. The fourth-order valence-electron chi connectivity index (χ4n) is 2.86. The Morgan fingerprint density at radius 1 is 1.24 bits per heavy atom. The van der Waals surface area contributed by atoms with Crippen LogP contribution in [0, 0.1) is 13.8 Å². The molecule has 1 aromatic carbocycles. The molecule has 0 aromatic heterocycles. The lowest BCUT2D eigenvalue weighted by Gasteiger charge is -2.24. The van der Waals surface area contributed by atoms with E-state index in [0.29, 0.717) is 6.04 Å². The van der Waals surface area contributed by atoms with E-state index in [1.54, 1.807) is 5.57 Å². The van der Waals surface area contributed by atoms with Gasteiger partial charge in [-0.25, -0.2) is 0 Å². The van der Waals surface area contributed by atoms with Gasteiger partial charge in [-0.15, -0.1) is 0 Å². The molecule has 2 rings (SSSR count). The number of rotatable bonds is 4. The molecule has 1 heteroatoms. The van der Waals surface area contributed by atoms with Crippen molar-refractivity contribution in [2.45, 2.75) is 46.1 Å². The third-order valence-electron chi connectivity index (χ3n) is 3.69. The van der Waals surface area contributed by atoms with Gasteiger partial charge >= 0.3 is 0 Å². The van der Waals surface area contributed by atoms with Crippen LogP contribution in [0.3, 0.4) is 0 Å². The summed E-state index contributed by atoms with van der Waals surface area (Å²) in [6.45, 7) is 7.66. The van der Waals surface area contributed by atoms with E-state index in [1.807, 2.05) is 0 Å². The molecule has 0 bridgehead atoms. The molecule has 1 aromatic rings. The van der Waals surface area contributed by atoms with Gasteiger partial charge in [0.05, 0.1) is 6.04 Å². The van der Waals surface area contributed by atoms with Crippen molar-refractivity contribution in [1.29, 1.82) is 0 Å². The summed E-state index contributed by atoms with van der Waals surface area (Å²) >= 11 is 0. The van der Waals surface area contributed by atoms with Crippen molar-refractivity contribution in [2.24, 2.45) is 0 Å². The van der Waals surface area contributed by atoms with E-state index >= 15 is 0 Å². The summed E-state index contributed by atoms with van der Waals surface area (Å²) in [5.74, 6) is 0. The molecule has 1 atom stereocenters. The Balaban J connectivity index is 2.38. The first-order chi connectivity index (χ1) is 8.24. The van der Waals surface area contributed by atoms with E-state index in [9.17, 15) is 0 Å². The van der Waals surface area contributed by atoms with E-state index in [-0.39, 0.29) is 0 Å². The normalized spacial score (nSPS) is 17.0. The maximum Gasteiger partial charge on any atom is 0.0541 e. The SMILES string of the molecule is CCNC(C1=CCCC1)c1c(C)cccc1C. The number of nitrogens with one attached hydrogen (secondary N) is 1. The van der Waals surface area contributed by atoms with E-state index in [2.05, 4.69) is 50.4 Å². The number of hydrogen-bond acceptors (Lipinski definition) is 1. The summed E-state index contributed by atoms with van der Waals surface area (Å²) in [4.78, 5) is 0. The molecule has 1 aliphatic rings. The van der Waals surface area contributed by atoms with Gasteiger partial charge in [0, 0.05) is 0 Å². The van der Waals surface area contributed by atoms with Crippen LogP contribution in [0.1, 0.15) is 48.9 Å². The van der Waals surface area contributed by atoms with Gasteiger partial charge in [-0.1, -0.05) is 36.8 Å². The van der Waals surface area contributed by atoms with Crippen molar-refractivity contribution in [3.8, 4) is 0 Å². The second-order valence-corrected chi connectivity index (χ2v) is 4.97. The van der Waals surface area contributed by atoms with E-state index in [0.717, 1.165) is 6.54 Å². The first-order valence-electron chi connectivity index (χ1n) is 6.72. The summed E-state index contributed by atoms with van der Waals surface area (Å²) in [7, 11) is 0. The first-order valence-corrected chi connectivity index (χ1v) is 6.72. The van der Waals surface area contributed by atoms with Crippen LogP contribution in [0.5, 0.6) is 0 Å². The molecule has 0 aliphatic heterocycles. The van der Waals surface area contributed by atoms with Gasteiger partial charge in [0.25, 0.3) is 0 Å². The largest absolute Gasteiger partial charge is 0.307 e. The van der Waals surface area contributed by atoms with Crippen LogP contribution in [0.2, 0.25) is 0 Å². The lowest BCUT2D eigenvalue weighted by atomic mass is 9.91. The standard InChI is InChI=1S/C16H23N/c1-4-17-16(14-10-5-6-11-14)15-12(2)8-7-9-13(15)3/h7-10,16-17H,4-6,11H2,1-3H3. The van der Waals surface area contributed by atoms with Crippen LogP contribution in [0.4, 0.5) is 0 Å². The van der Waals surface area contributed by atoms with Crippen LogP contribution in [-0.4, -0.2) is 6.54 Å². The van der Waals surface area contributed by atoms with Gasteiger partial charge in [0.2, 0.25) is 0 Å². The molecule has 92 valence electrons. The highest BCUT2D eigenvalue weighted by Crippen LogP contribution is 2.33. The molecule has 1 nitrogen and oxygen atoms in total. The summed E-state index contributed by atoms with van der Waals surface area (Å²) in [6.07, 6.45) is 6.26. The number of hydrogen-bond donors (Lipinski definition) is 1. The average molecular weight is 229 g/mol. The third-order valence-corrected chi connectivity index (χ3v) is 3.69. The van der Waals surface area contributed by atoms with Crippen molar-refractivity contribution in [3.05, 3.63) is 46.5 Å². The monoisotopic (exact) mass is 229 g/mol. The minimum atomic E-state index is 0.434. The maximum absolute atomic E-state index is 3.65. The smallest absolute Gasteiger partial charge is 0.0541 e. The Morgan fingerprint density at radius 2 is 1.94 bits per heavy atom. The van der Waals surface area contributed by atoms with Crippen LogP contribution in [-0.2, 0) is 0 Å². The van der Waals surface area contributed by atoms with Crippen LogP contribution < -0.4 is 5.32 Å². The number of benzene rings is 1. The van der Waals surface area contributed by atoms with Gasteiger partial charge in [-0.05, 0) is 56.3 Å². The van der Waals surface area contributed by atoms with E-state index in [1.165, 1.54) is 36.0 Å².